The van der Waals surface area contributed by atoms with Crippen molar-refractivity contribution in [3.63, 3.8) is 0 Å². The summed E-state index contributed by atoms with van der Waals surface area (Å²) in [6.45, 7) is 3.44. The van der Waals surface area contributed by atoms with Crippen molar-refractivity contribution in [1.29, 1.82) is 5.26 Å². The van der Waals surface area contributed by atoms with Gasteiger partial charge in [-0.05, 0) is 43.6 Å². The van der Waals surface area contributed by atoms with Crippen LogP contribution in [0.3, 0.4) is 0 Å². The number of hydrogen-bond donors (Lipinski definition) is 1. The van der Waals surface area contributed by atoms with Crippen LogP contribution in [-0.2, 0) is 6.54 Å². The molecule has 1 fully saturated rings. The molecule has 0 saturated carbocycles. The van der Waals surface area contributed by atoms with Gasteiger partial charge in [-0.3, -0.25) is 4.90 Å². The van der Waals surface area contributed by atoms with Gasteiger partial charge < -0.3 is 4.98 Å². The van der Waals surface area contributed by atoms with Crippen molar-refractivity contribution in [3.05, 3.63) is 35.5 Å². The number of aromatic nitrogens is 1. The molecular formula is C15H17N3. The summed E-state index contributed by atoms with van der Waals surface area (Å²) in [7, 11) is 0. The summed E-state index contributed by atoms with van der Waals surface area (Å²) in [6.07, 6.45) is 6.10. The first-order valence-electron chi connectivity index (χ1n) is 6.59. The summed E-state index contributed by atoms with van der Waals surface area (Å²) in [5, 5.41) is 10.1. The zero-order valence-corrected chi connectivity index (χ0v) is 10.4. The summed E-state index contributed by atoms with van der Waals surface area (Å²) in [4.78, 5) is 5.79. The summed E-state index contributed by atoms with van der Waals surface area (Å²) < 4.78 is 0. The van der Waals surface area contributed by atoms with E-state index in [1.807, 2.05) is 12.1 Å². The Bertz CT molecular complexity index is 585. The van der Waals surface area contributed by atoms with Gasteiger partial charge in [0.05, 0.1) is 11.6 Å². The molecule has 1 aromatic heterocycles. The Labute approximate surface area is 107 Å². The molecule has 1 aliphatic heterocycles. The zero-order valence-electron chi connectivity index (χ0n) is 10.4. The number of piperidine rings is 1. The second kappa shape index (κ2) is 4.83. The Kier molecular flexibility index (Phi) is 3.04. The minimum atomic E-state index is 0.717. The average Bonchev–Trinajstić information content (AvgIpc) is 2.82. The van der Waals surface area contributed by atoms with Crippen LogP contribution in [0.1, 0.15) is 30.4 Å². The quantitative estimate of drug-likeness (QED) is 0.875. The zero-order chi connectivity index (χ0) is 12.4. The minimum Gasteiger partial charge on any atom is -0.361 e. The van der Waals surface area contributed by atoms with Crippen LogP contribution in [0.25, 0.3) is 10.9 Å². The van der Waals surface area contributed by atoms with Gasteiger partial charge in [-0.2, -0.15) is 5.26 Å². The van der Waals surface area contributed by atoms with Crippen molar-refractivity contribution in [2.45, 2.75) is 25.8 Å². The normalized spacial score (nSPS) is 16.8. The second-order valence-electron chi connectivity index (χ2n) is 5.02. The number of fused-ring (bicyclic) bond motifs is 1. The molecule has 0 atom stereocenters. The summed E-state index contributed by atoms with van der Waals surface area (Å²) in [5.41, 5.74) is 3.13. The molecule has 1 saturated heterocycles. The number of nitrogens with one attached hydrogen (secondary N) is 1. The van der Waals surface area contributed by atoms with Gasteiger partial charge >= 0.3 is 0 Å². The first-order valence-corrected chi connectivity index (χ1v) is 6.59. The van der Waals surface area contributed by atoms with Gasteiger partial charge in [-0.15, -0.1) is 0 Å². The van der Waals surface area contributed by atoms with Gasteiger partial charge in [0, 0.05) is 23.6 Å². The van der Waals surface area contributed by atoms with Crippen LogP contribution in [0.2, 0.25) is 0 Å². The topological polar surface area (TPSA) is 42.8 Å². The monoisotopic (exact) mass is 239 g/mol. The van der Waals surface area contributed by atoms with Gasteiger partial charge in [-0.25, -0.2) is 0 Å². The molecule has 1 aromatic carbocycles. The van der Waals surface area contributed by atoms with Gasteiger partial charge in [0.15, 0.2) is 0 Å². The highest BCUT2D eigenvalue weighted by Gasteiger charge is 2.12. The number of nitrogens with zero attached hydrogens (tertiary/aromatic N) is 2. The molecule has 3 rings (SSSR count). The number of benzene rings is 1. The minimum absolute atomic E-state index is 0.717. The lowest BCUT2D eigenvalue weighted by molar-refractivity contribution is 0.221. The van der Waals surface area contributed by atoms with E-state index < -0.39 is 0 Å². The number of nitriles is 1. The predicted molar refractivity (Wildman–Crippen MR) is 72.1 cm³/mol. The van der Waals surface area contributed by atoms with Crippen LogP contribution in [0, 0.1) is 11.3 Å². The van der Waals surface area contributed by atoms with E-state index in [0.29, 0.717) is 5.56 Å². The molecule has 1 aliphatic rings. The van der Waals surface area contributed by atoms with Gasteiger partial charge in [0.2, 0.25) is 0 Å². The molecule has 0 unspecified atom stereocenters. The number of likely N-dealkylation sites (tertiary alicyclic amines) is 1. The molecule has 1 N–H and O–H groups in total. The van der Waals surface area contributed by atoms with Gasteiger partial charge in [-0.1, -0.05) is 12.5 Å². The maximum atomic E-state index is 8.89. The second-order valence-corrected chi connectivity index (χ2v) is 5.02. The standard InChI is InChI=1S/C15H17N3/c16-9-12-4-5-14-13(10-17-15(14)8-12)11-18-6-2-1-3-7-18/h4-5,8,10,17H,1-3,6-7,11H2. The largest absolute Gasteiger partial charge is 0.361 e. The molecule has 0 bridgehead atoms. The van der Waals surface area contributed by atoms with Crippen LogP contribution in [0.5, 0.6) is 0 Å². The number of hydrogen-bond acceptors (Lipinski definition) is 2. The van der Waals surface area contributed by atoms with Crippen LogP contribution in [0.15, 0.2) is 24.4 Å². The Morgan fingerprint density at radius 1 is 1.22 bits per heavy atom. The SMILES string of the molecule is N#Cc1ccc2c(CN3CCCCC3)c[nH]c2c1. The average molecular weight is 239 g/mol. The molecule has 92 valence electrons. The lowest BCUT2D eigenvalue weighted by Gasteiger charge is -2.26. The number of rotatable bonds is 2. The fourth-order valence-electron chi connectivity index (χ4n) is 2.75. The van der Waals surface area contributed by atoms with Crippen LogP contribution >= 0.6 is 0 Å². The summed E-state index contributed by atoms with van der Waals surface area (Å²) in [5.74, 6) is 0. The maximum absolute atomic E-state index is 8.89. The Morgan fingerprint density at radius 2 is 2.06 bits per heavy atom. The molecule has 0 amide bonds. The van der Waals surface area contributed by atoms with E-state index in [9.17, 15) is 0 Å². The molecule has 18 heavy (non-hydrogen) atoms. The third-order valence-corrected chi connectivity index (χ3v) is 3.74. The maximum Gasteiger partial charge on any atom is 0.0992 e. The lowest BCUT2D eigenvalue weighted by atomic mass is 10.1. The van der Waals surface area contributed by atoms with E-state index in [0.717, 1.165) is 12.1 Å². The predicted octanol–water partition coefficient (Wildman–Crippen LogP) is 3.03. The molecule has 2 aromatic rings. The molecule has 0 radical (unpaired) electrons. The van der Waals surface area contributed by atoms with Crippen molar-refractivity contribution in [3.8, 4) is 6.07 Å². The van der Waals surface area contributed by atoms with Gasteiger partial charge in [0.1, 0.15) is 0 Å². The van der Waals surface area contributed by atoms with E-state index in [-0.39, 0.29) is 0 Å². The van der Waals surface area contributed by atoms with Crippen molar-refractivity contribution >= 4 is 10.9 Å². The smallest absolute Gasteiger partial charge is 0.0992 e. The van der Waals surface area contributed by atoms with E-state index in [4.69, 9.17) is 5.26 Å². The Morgan fingerprint density at radius 3 is 2.83 bits per heavy atom. The highest BCUT2D eigenvalue weighted by atomic mass is 15.1. The lowest BCUT2D eigenvalue weighted by Crippen LogP contribution is -2.28. The van der Waals surface area contributed by atoms with E-state index in [1.165, 1.54) is 43.3 Å². The van der Waals surface area contributed by atoms with E-state index in [2.05, 4.69) is 28.2 Å². The highest BCUT2D eigenvalue weighted by Crippen LogP contribution is 2.22. The van der Waals surface area contributed by atoms with E-state index in [1.54, 1.807) is 0 Å². The Hall–Kier alpha value is -1.79. The van der Waals surface area contributed by atoms with Crippen molar-refractivity contribution in [2.75, 3.05) is 13.1 Å². The summed E-state index contributed by atoms with van der Waals surface area (Å²) >= 11 is 0. The molecule has 0 aliphatic carbocycles. The fourth-order valence-corrected chi connectivity index (χ4v) is 2.75. The van der Waals surface area contributed by atoms with E-state index >= 15 is 0 Å². The Balaban J connectivity index is 1.86. The number of aromatic amines is 1. The first-order chi connectivity index (χ1) is 8.86. The number of H-pyrrole nitrogens is 1. The molecule has 3 nitrogen and oxygen atoms in total. The van der Waals surface area contributed by atoms with Crippen LogP contribution < -0.4 is 0 Å². The highest BCUT2D eigenvalue weighted by molar-refractivity contribution is 5.84. The first kappa shape index (κ1) is 11.3. The van der Waals surface area contributed by atoms with Gasteiger partial charge in [0.25, 0.3) is 0 Å². The van der Waals surface area contributed by atoms with Crippen molar-refractivity contribution < 1.29 is 0 Å². The molecule has 0 spiro atoms. The van der Waals surface area contributed by atoms with Crippen LogP contribution in [-0.4, -0.2) is 23.0 Å². The van der Waals surface area contributed by atoms with Crippen molar-refractivity contribution in [2.24, 2.45) is 0 Å². The summed E-state index contributed by atoms with van der Waals surface area (Å²) in [6, 6.07) is 8.06. The van der Waals surface area contributed by atoms with Crippen LogP contribution in [0.4, 0.5) is 0 Å². The molecular weight excluding hydrogens is 222 g/mol. The third kappa shape index (κ3) is 2.12. The molecule has 2 heterocycles. The van der Waals surface area contributed by atoms with Crippen molar-refractivity contribution in [1.82, 2.24) is 9.88 Å². The fraction of sp³-hybridized carbons (Fsp3) is 0.400. The third-order valence-electron chi connectivity index (χ3n) is 3.74. The molecule has 3 heteroatoms.